The molecule has 4 heteroatoms. The lowest BCUT2D eigenvalue weighted by Crippen LogP contribution is -2.33. The number of benzene rings is 1. The molecule has 1 unspecified atom stereocenters. The van der Waals surface area contributed by atoms with Crippen molar-refractivity contribution in [3.63, 3.8) is 0 Å². The number of aliphatic hydroxyl groups excluding tert-OH is 1. The van der Waals surface area contributed by atoms with Crippen molar-refractivity contribution in [2.45, 2.75) is 32.7 Å². The number of Topliss-reactive ketones (excluding diaryl/α,β-unsaturated/α-hetero) is 1. The van der Waals surface area contributed by atoms with Crippen LogP contribution in [0.4, 0.5) is 0 Å². The van der Waals surface area contributed by atoms with Gasteiger partial charge in [-0.25, -0.2) is 0 Å². The highest BCUT2D eigenvalue weighted by Gasteiger charge is 2.43. The highest BCUT2D eigenvalue weighted by atomic mass is 16.3. The molecule has 0 fully saturated rings. The van der Waals surface area contributed by atoms with E-state index >= 15 is 0 Å². The molecular formula is C17H19NO3. The van der Waals surface area contributed by atoms with Crippen LogP contribution in [-0.2, 0) is 4.79 Å². The van der Waals surface area contributed by atoms with Gasteiger partial charge in [0.15, 0.2) is 5.78 Å². The number of amides is 1. The second-order valence-corrected chi connectivity index (χ2v) is 6.71. The third-order valence-corrected chi connectivity index (χ3v) is 4.36. The Labute approximate surface area is 124 Å². The van der Waals surface area contributed by atoms with E-state index in [0.29, 0.717) is 24.0 Å². The molecule has 3 rings (SSSR count). The summed E-state index contributed by atoms with van der Waals surface area (Å²) in [6.07, 6.45) is 0.863. The molecule has 1 aliphatic heterocycles. The summed E-state index contributed by atoms with van der Waals surface area (Å²) >= 11 is 0. The van der Waals surface area contributed by atoms with Crippen LogP contribution in [0.1, 0.15) is 48.7 Å². The van der Waals surface area contributed by atoms with E-state index < -0.39 is 6.04 Å². The smallest absolute Gasteiger partial charge is 0.254 e. The Kier molecular flexibility index (Phi) is 2.94. The SMILES string of the molecule is CN1C(=O)c2ccccc2C1C1=C(O)CC(C)(C)CC1=O. The van der Waals surface area contributed by atoms with Crippen LogP contribution in [0.5, 0.6) is 0 Å². The van der Waals surface area contributed by atoms with Crippen molar-refractivity contribution in [2.75, 3.05) is 7.05 Å². The first-order valence-corrected chi connectivity index (χ1v) is 7.13. The number of allylic oxidation sites excluding steroid dienone is 1. The molecule has 1 aliphatic carbocycles. The summed E-state index contributed by atoms with van der Waals surface area (Å²) in [5.74, 6) is -0.0451. The highest BCUT2D eigenvalue weighted by Crippen LogP contribution is 2.44. The summed E-state index contributed by atoms with van der Waals surface area (Å²) < 4.78 is 0. The maximum absolute atomic E-state index is 12.5. The van der Waals surface area contributed by atoms with E-state index in [-0.39, 0.29) is 22.9 Å². The van der Waals surface area contributed by atoms with Crippen LogP contribution in [0.15, 0.2) is 35.6 Å². The number of hydrogen-bond donors (Lipinski definition) is 1. The standard InChI is InChI=1S/C17H19NO3/c1-17(2)8-12(19)14(13(20)9-17)15-10-6-4-5-7-11(10)16(21)18(15)3/h4-7,15,19H,8-9H2,1-3H3. The van der Waals surface area contributed by atoms with E-state index in [2.05, 4.69) is 0 Å². The van der Waals surface area contributed by atoms with Gasteiger partial charge in [0.2, 0.25) is 0 Å². The Morgan fingerprint density at radius 1 is 1.19 bits per heavy atom. The molecule has 0 saturated carbocycles. The normalized spacial score (nSPS) is 24.5. The topological polar surface area (TPSA) is 57.6 Å². The van der Waals surface area contributed by atoms with Gasteiger partial charge in [-0.1, -0.05) is 32.0 Å². The van der Waals surface area contributed by atoms with Gasteiger partial charge in [0.25, 0.3) is 5.91 Å². The maximum atomic E-state index is 12.5. The van der Waals surface area contributed by atoms with Gasteiger partial charge in [-0.3, -0.25) is 9.59 Å². The number of likely N-dealkylation sites (N-methyl/N-ethyl adjacent to an activating group) is 1. The molecule has 0 saturated heterocycles. The maximum Gasteiger partial charge on any atom is 0.254 e. The summed E-state index contributed by atoms with van der Waals surface area (Å²) in [7, 11) is 1.68. The molecule has 0 spiro atoms. The average molecular weight is 285 g/mol. The Balaban J connectivity index is 2.13. The van der Waals surface area contributed by atoms with Crippen LogP contribution in [-0.4, -0.2) is 28.7 Å². The first-order valence-electron chi connectivity index (χ1n) is 7.13. The molecule has 1 aromatic rings. The fourth-order valence-corrected chi connectivity index (χ4v) is 3.41. The quantitative estimate of drug-likeness (QED) is 0.863. The first kappa shape index (κ1) is 13.9. The molecule has 2 aliphatic rings. The molecule has 1 amide bonds. The van der Waals surface area contributed by atoms with E-state index in [1.165, 1.54) is 0 Å². The van der Waals surface area contributed by atoms with Gasteiger partial charge in [0, 0.05) is 25.5 Å². The number of aliphatic hydroxyl groups is 1. The van der Waals surface area contributed by atoms with E-state index in [9.17, 15) is 14.7 Å². The molecule has 1 atom stereocenters. The summed E-state index contributed by atoms with van der Waals surface area (Å²) in [5, 5.41) is 10.4. The van der Waals surface area contributed by atoms with Gasteiger partial charge >= 0.3 is 0 Å². The molecule has 0 radical (unpaired) electrons. The lowest BCUT2D eigenvalue weighted by Gasteiger charge is -2.33. The molecule has 0 aromatic heterocycles. The second kappa shape index (κ2) is 4.45. The fourth-order valence-electron chi connectivity index (χ4n) is 3.41. The molecule has 0 bridgehead atoms. The minimum Gasteiger partial charge on any atom is -0.512 e. The van der Waals surface area contributed by atoms with E-state index in [1.54, 1.807) is 18.0 Å². The lowest BCUT2D eigenvalue weighted by molar-refractivity contribution is -0.119. The number of nitrogens with zero attached hydrogens (tertiary/aromatic N) is 1. The van der Waals surface area contributed by atoms with Gasteiger partial charge in [-0.15, -0.1) is 0 Å². The zero-order valence-electron chi connectivity index (χ0n) is 12.5. The van der Waals surface area contributed by atoms with Crippen molar-refractivity contribution in [3.8, 4) is 0 Å². The van der Waals surface area contributed by atoms with Crippen LogP contribution in [0.25, 0.3) is 0 Å². The summed E-state index contributed by atoms with van der Waals surface area (Å²) in [6, 6.07) is 6.83. The number of carbonyl (C=O) groups excluding carboxylic acids is 2. The van der Waals surface area contributed by atoms with Crippen LogP contribution < -0.4 is 0 Å². The Morgan fingerprint density at radius 2 is 1.86 bits per heavy atom. The van der Waals surface area contributed by atoms with Gasteiger partial charge < -0.3 is 10.0 Å². The summed E-state index contributed by atoms with van der Waals surface area (Å²) in [5.41, 5.74) is 1.57. The van der Waals surface area contributed by atoms with Crippen LogP contribution >= 0.6 is 0 Å². The molecule has 4 nitrogen and oxygen atoms in total. The molecular weight excluding hydrogens is 266 g/mol. The van der Waals surface area contributed by atoms with Gasteiger partial charge in [0.1, 0.15) is 5.76 Å². The number of fused-ring (bicyclic) bond motifs is 1. The zero-order chi connectivity index (χ0) is 15.4. The van der Waals surface area contributed by atoms with Crippen molar-refractivity contribution >= 4 is 11.7 Å². The highest BCUT2D eigenvalue weighted by molar-refractivity contribution is 6.04. The predicted molar refractivity (Wildman–Crippen MR) is 79.0 cm³/mol. The van der Waals surface area contributed by atoms with Crippen LogP contribution in [0.2, 0.25) is 0 Å². The molecule has 110 valence electrons. The van der Waals surface area contributed by atoms with E-state index in [4.69, 9.17) is 0 Å². The number of ketones is 1. The molecule has 21 heavy (non-hydrogen) atoms. The average Bonchev–Trinajstić information content (AvgIpc) is 2.62. The lowest BCUT2D eigenvalue weighted by atomic mass is 9.74. The van der Waals surface area contributed by atoms with Crippen LogP contribution in [0, 0.1) is 5.41 Å². The number of rotatable bonds is 1. The van der Waals surface area contributed by atoms with E-state index in [1.807, 2.05) is 32.0 Å². The molecule has 1 N–H and O–H groups in total. The summed E-state index contributed by atoms with van der Waals surface area (Å²) in [6.45, 7) is 3.94. The molecule has 1 aromatic carbocycles. The van der Waals surface area contributed by atoms with Crippen molar-refractivity contribution in [3.05, 3.63) is 46.7 Å². The van der Waals surface area contributed by atoms with Crippen molar-refractivity contribution in [2.24, 2.45) is 5.41 Å². The first-order chi connectivity index (χ1) is 9.82. The van der Waals surface area contributed by atoms with E-state index in [0.717, 1.165) is 5.56 Å². The Bertz CT molecular complexity index is 672. The monoisotopic (exact) mass is 285 g/mol. The second-order valence-electron chi connectivity index (χ2n) is 6.71. The van der Waals surface area contributed by atoms with Crippen LogP contribution in [0.3, 0.4) is 0 Å². The Morgan fingerprint density at radius 3 is 2.52 bits per heavy atom. The number of carbonyl (C=O) groups is 2. The number of hydrogen-bond acceptors (Lipinski definition) is 3. The van der Waals surface area contributed by atoms with Gasteiger partial charge in [0.05, 0.1) is 11.6 Å². The minimum atomic E-state index is -0.461. The summed E-state index contributed by atoms with van der Waals surface area (Å²) in [4.78, 5) is 26.4. The zero-order valence-corrected chi connectivity index (χ0v) is 12.5. The third kappa shape index (κ3) is 2.06. The van der Waals surface area contributed by atoms with Crippen molar-refractivity contribution < 1.29 is 14.7 Å². The van der Waals surface area contributed by atoms with Gasteiger partial charge in [-0.05, 0) is 17.0 Å². The third-order valence-electron chi connectivity index (χ3n) is 4.36. The largest absolute Gasteiger partial charge is 0.512 e. The molecule has 1 heterocycles. The minimum absolute atomic E-state index is 0.0647. The predicted octanol–water partition coefficient (Wildman–Crippen LogP) is 3.01. The van der Waals surface area contributed by atoms with Crippen molar-refractivity contribution in [1.29, 1.82) is 0 Å². The Hall–Kier alpha value is -2.10. The van der Waals surface area contributed by atoms with Crippen molar-refractivity contribution in [1.82, 2.24) is 4.90 Å². The fraction of sp³-hybridized carbons (Fsp3) is 0.412. The van der Waals surface area contributed by atoms with Gasteiger partial charge in [-0.2, -0.15) is 0 Å².